The first-order valence-electron chi connectivity index (χ1n) is 8.49. The number of aromatic amines is 1. The molecule has 0 aliphatic heterocycles. The molecular formula is C22H17N3O2. The summed E-state index contributed by atoms with van der Waals surface area (Å²) in [5.74, 6) is 2.45. The lowest BCUT2D eigenvalue weighted by atomic mass is 10.2. The van der Waals surface area contributed by atoms with Gasteiger partial charge in [0.05, 0.1) is 0 Å². The first-order valence-corrected chi connectivity index (χ1v) is 8.49. The van der Waals surface area contributed by atoms with Crippen molar-refractivity contribution in [3.05, 3.63) is 83.9 Å². The molecule has 4 rings (SSSR count). The molecule has 3 aromatic carbocycles. The van der Waals surface area contributed by atoms with Gasteiger partial charge in [-0.1, -0.05) is 30.3 Å². The summed E-state index contributed by atoms with van der Waals surface area (Å²) in [4.78, 5) is 2.99. The molecule has 1 aromatic heterocycles. The number of aromatic nitrogens is 1. The molecule has 0 fully saturated rings. The molecule has 0 aliphatic rings. The van der Waals surface area contributed by atoms with E-state index in [-0.39, 0.29) is 0 Å². The van der Waals surface area contributed by atoms with E-state index in [1.165, 1.54) is 0 Å². The number of H-pyrrole nitrogens is 1. The number of anilines is 1. The third-order valence-electron chi connectivity index (χ3n) is 4.22. The van der Waals surface area contributed by atoms with Crippen molar-refractivity contribution in [2.75, 3.05) is 5.73 Å². The second kappa shape index (κ2) is 7.14. The Kier molecular flexibility index (Phi) is 4.38. The Balaban J connectivity index is 1.47. The number of nitrogens with zero attached hydrogens (tertiary/aromatic N) is 1. The van der Waals surface area contributed by atoms with Crippen LogP contribution in [0.1, 0.15) is 11.1 Å². The number of hydrogen-bond acceptors (Lipinski definition) is 4. The van der Waals surface area contributed by atoms with Crippen LogP contribution in [-0.2, 0) is 6.61 Å². The summed E-state index contributed by atoms with van der Waals surface area (Å²) >= 11 is 0. The minimum absolute atomic E-state index is 0.365. The van der Waals surface area contributed by atoms with Crippen LogP contribution >= 0.6 is 0 Å². The van der Waals surface area contributed by atoms with E-state index in [4.69, 9.17) is 15.2 Å². The molecule has 0 amide bonds. The highest BCUT2D eigenvalue weighted by Gasteiger charge is 2.10. The van der Waals surface area contributed by atoms with Gasteiger partial charge < -0.3 is 20.2 Å². The summed E-state index contributed by atoms with van der Waals surface area (Å²) in [5.41, 5.74) is 8.17. The van der Waals surface area contributed by atoms with Crippen LogP contribution in [0.4, 0.5) is 5.82 Å². The molecular weight excluding hydrogens is 338 g/mol. The quantitative estimate of drug-likeness (QED) is 0.528. The average Bonchev–Trinajstić information content (AvgIpc) is 3.02. The average molecular weight is 355 g/mol. The minimum Gasteiger partial charge on any atom is -0.489 e. The third-order valence-corrected chi connectivity index (χ3v) is 4.22. The molecule has 1 heterocycles. The van der Waals surface area contributed by atoms with E-state index in [2.05, 4.69) is 11.1 Å². The van der Waals surface area contributed by atoms with Crippen LogP contribution in [0.25, 0.3) is 10.9 Å². The maximum atomic E-state index is 9.24. The number of rotatable bonds is 5. The molecule has 5 nitrogen and oxygen atoms in total. The van der Waals surface area contributed by atoms with Gasteiger partial charge in [-0.3, -0.25) is 0 Å². The predicted octanol–water partition coefficient (Wildman–Crippen LogP) is 4.99. The molecule has 3 N–H and O–H groups in total. The van der Waals surface area contributed by atoms with Crippen LogP contribution in [0.3, 0.4) is 0 Å². The van der Waals surface area contributed by atoms with Crippen molar-refractivity contribution in [2.24, 2.45) is 0 Å². The van der Waals surface area contributed by atoms with Crippen molar-refractivity contribution in [3.63, 3.8) is 0 Å². The van der Waals surface area contributed by atoms with Crippen LogP contribution in [0.15, 0.2) is 72.8 Å². The van der Waals surface area contributed by atoms with Gasteiger partial charge in [0.25, 0.3) is 0 Å². The number of fused-ring (bicyclic) bond motifs is 1. The highest BCUT2D eigenvalue weighted by molar-refractivity contribution is 5.92. The molecule has 0 bridgehead atoms. The number of ether oxygens (including phenoxy) is 2. The summed E-state index contributed by atoms with van der Waals surface area (Å²) in [7, 11) is 0. The van der Waals surface area contributed by atoms with Gasteiger partial charge in [0.15, 0.2) is 0 Å². The van der Waals surface area contributed by atoms with Gasteiger partial charge in [-0.2, -0.15) is 5.26 Å². The monoisotopic (exact) mass is 355 g/mol. The fourth-order valence-corrected chi connectivity index (χ4v) is 2.86. The van der Waals surface area contributed by atoms with E-state index < -0.39 is 0 Å². The Labute approximate surface area is 156 Å². The largest absolute Gasteiger partial charge is 0.489 e. The maximum Gasteiger partial charge on any atom is 0.128 e. The van der Waals surface area contributed by atoms with Crippen molar-refractivity contribution in [3.8, 4) is 23.3 Å². The Hall–Kier alpha value is -3.91. The Morgan fingerprint density at radius 2 is 1.59 bits per heavy atom. The molecule has 0 saturated heterocycles. The molecule has 0 aliphatic carbocycles. The second-order valence-electron chi connectivity index (χ2n) is 6.08. The molecule has 0 radical (unpaired) electrons. The molecule has 0 spiro atoms. The first-order chi connectivity index (χ1) is 13.2. The molecule has 132 valence electrons. The van der Waals surface area contributed by atoms with Crippen molar-refractivity contribution >= 4 is 16.7 Å². The van der Waals surface area contributed by atoms with Gasteiger partial charge >= 0.3 is 0 Å². The van der Waals surface area contributed by atoms with Crippen molar-refractivity contribution in [1.29, 1.82) is 5.26 Å². The maximum absolute atomic E-state index is 9.24. The fourth-order valence-electron chi connectivity index (χ4n) is 2.86. The van der Waals surface area contributed by atoms with Crippen molar-refractivity contribution in [1.82, 2.24) is 4.98 Å². The highest BCUT2D eigenvalue weighted by atomic mass is 16.5. The van der Waals surface area contributed by atoms with Gasteiger partial charge in [0.2, 0.25) is 0 Å². The molecule has 0 atom stereocenters. The van der Waals surface area contributed by atoms with E-state index in [1.807, 2.05) is 66.7 Å². The number of hydrogen-bond donors (Lipinski definition) is 2. The summed E-state index contributed by atoms with van der Waals surface area (Å²) in [5, 5.41) is 9.99. The Morgan fingerprint density at radius 1 is 0.889 bits per heavy atom. The topological polar surface area (TPSA) is 84.1 Å². The van der Waals surface area contributed by atoms with E-state index in [9.17, 15) is 5.26 Å². The van der Waals surface area contributed by atoms with Gasteiger partial charge in [-0.05, 0) is 48.0 Å². The summed E-state index contributed by atoms with van der Waals surface area (Å²) in [6.07, 6.45) is 0. The normalized spacial score (nSPS) is 10.5. The lowest BCUT2D eigenvalue weighted by Crippen LogP contribution is -1.94. The zero-order valence-corrected chi connectivity index (χ0v) is 14.5. The number of benzene rings is 3. The van der Waals surface area contributed by atoms with Crippen LogP contribution in [0, 0.1) is 11.3 Å². The van der Waals surface area contributed by atoms with E-state index in [0.29, 0.717) is 29.5 Å². The summed E-state index contributed by atoms with van der Waals surface area (Å²) in [6, 6.07) is 25.0. The standard InChI is InChI=1S/C22H17N3O2/c23-13-20-19-12-18(10-11-21(19)25-22(20)24)27-17-8-6-16(7-9-17)26-14-15-4-2-1-3-5-15/h1-12,25H,14,24H2. The van der Waals surface area contributed by atoms with Crippen molar-refractivity contribution in [2.45, 2.75) is 6.61 Å². The van der Waals surface area contributed by atoms with Gasteiger partial charge in [0.1, 0.15) is 41.3 Å². The summed E-state index contributed by atoms with van der Waals surface area (Å²) in [6.45, 7) is 0.517. The smallest absolute Gasteiger partial charge is 0.128 e. The Morgan fingerprint density at radius 3 is 2.33 bits per heavy atom. The van der Waals surface area contributed by atoms with Gasteiger partial charge in [-0.25, -0.2) is 0 Å². The van der Waals surface area contributed by atoms with E-state index >= 15 is 0 Å². The molecule has 4 aromatic rings. The number of nitrogens with one attached hydrogen (secondary N) is 1. The highest BCUT2D eigenvalue weighted by Crippen LogP contribution is 2.30. The van der Waals surface area contributed by atoms with Crippen LogP contribution in [-0.4, -0.2) is 4.98 Å². The molecule has 27 heavy (non-hydrogen) atoms. The van der Waals surface area contributed by atoms with Crippen LogP contribution in [0.5, 0.6) is 17.2 Å². The van der Waals surface area contributed by atoms with Gasteiger partial charge in [0, 0.05) is 10.9 Å². The third kappa shape index (κ3) is 3.55. The Bertz CT molecular complexity index is 1110. The van der Waals surface area contributed by atoms with Gasteiger partial charge in [-0.15, -0.1) is 0 Å². The minimum atomic E-state index is 0.365. The van der Waals surface area contributed by atoms with E-state index in [1.54, 1.807) is 6.07 Å². The lowest BCUT2D eigenvalue weighted by Gasteiger charge is -2.09. The number of nitrogens with two attached hydrogens (primary N) is 1. The first kappa shape index (κ1) is 16.6. The fraction of sp³-hybridized carbons (Fsp3) is 0.0455. The lowest BCUT2D eigenvalue weighted by molar-refractivity contribution is 0.306. The van der Waals surface area contributed by atoms with E-state index in [0.717, 1.165) is 22.2 Å². The molecule has 0 saturated carbocycles. The molecule has 0 unspecified atom stereocenters. The number of nitrogen functional groups attached to an aromatic ring is 1. The zero-order chi connectivity index (χ0) is 18.6. The second-order valence-corrected chi connectivity index (χ2v) is 6.08. The van der Waals surface area contributed by atoms with Crippen molar-refractivity contribution < 1.29 is 9.47 Å². The molecule has 5 heteroatoms. The van der Waals surface area contributed by atoms with Crippen LogP contribution in [0.2, 0.25) is 0 Å². The SMILES string of the molecule is N#Cc1c(N)[nH]c2ccc(Oc3ccc(OCc4ccccc4)cc3)cc12. The summed E-state index contributed by atoms with van der Waals surface area (Å²) < 4.78 is 11.7. The predicted molar refractivity (Wildman–Crippen MR) is 105 cm³/mol. The van der Waals surface area contributed by atoms with Crippen LogP contribution < -0.4 is 15.2 Å². The zero-order valence-electron chi connectivity index (χ0n) is 14.5. The number of nitriles is 1.